The average Bonchev–Trinajstić information content (AvgIpc) is 2.30. The molecule has 0 amide bonds. The molecule has 0 bridgehead atoms. The molecular formula is C12H17Br2NO3S. The number of aryl methyl sites for hydroxylation is 1. The van der Waals surface area contributed by atoms with Crippen molar-refractivity contribution in [2.75, 3.05) is 13.2 Å². The lowest BCUT2D eigenvalue weighted by Gasteiger charge is -2.15. The molecule has 1 rings (SSSR count). The largest absolute Gasteiger partial charge is 0.380 e. The predicted molar refractivity (Wildman–Crippen MR) is 82.9 cm³/mol. The molecule has 0 aliphatic heterocycles. The number of halogens is 2. The van der Waals surface area contributed by atoms with Gasteiger partial charge in [0.2, 0.25) is 10.0 Å². The summed E-state index contributed by atoms with van der Waals surface area (Å²) in [7, 11) is -3.57. The van der Waals surface area contributed by atoms with E-state index in [9.17, 15) is 8.42 Å². The summed E-state index contributed by atoms with van der Waals surface area (Å²) in [5, 5.41) is 0. The van der Waals surface area contributed by atoms with Crippen molar-refractivity contribution in [2.24, 2.45) is 0 Å². The second-order valence-corrected chi connectivity index (χ2v) is 7.60. The smallest absolute Gasteiger partial charge is 0.242 e. The van der Waals surface area contributed by atoms with E-state index in [2.05, 4.69) is 36.6 Å². The molecule has 0 saturated carbocycles. The Balaban J connectivity index is 2.98. The van der Waals surface area contributed by atoms with E-state index in [0.717, 1.165) is 10.0 Å². The van der Waals surface area contributed by atoms with Crippen molar-refractivity contribution in [2.45, 2.75) is 31.7 Å². The van der Waals surface area contributed by atoms with Crippen LogP contribution in [0.2, 0.25) is 0 Å². The third-order valence-electron chi connectivity index (χ3n) is 2.43. The molecule has 0 aliphatic rings. The minimum Gasteiger partial charge on any atom is -0.380 e. The summed E-state index contributed by atoms with van der Waals surface area (Å²) in [6.45, 7) is 6.45. The first kappa shape index (κ1) is 17.1. The molecule has 0 aliphatic carbocycles. The third kappa shape index (κ3) is 4.82. The standard InChI is InChI=1S/C12H17Br2NO3S/c1-4-18-7-9(3)15-19(16,17)12-6-10(13)8(2)5-11(12)14/h5-6,9,15H,4,7H2,1-3H3. The molecule has 0 spiro atoms. The summed E-state index contributed by atoms with van der Waals surface area (Å²) in [5.41, 5.74) is 0.966. The molecule has 0 fully saturated rings. The molecule has 0 saturated heterocycles. The van der Waals surface area contributed by atoms with E-state index >= 15 is 0 Å². The van der Waals surface area contributed by atoms with Crippen LogP contribution in [0.4, 0.5) is 0 Å². The van der Waals surface area contributed by atoms with Gasteiger partial charge < -0.3 is 4.74 Å². The SMILES string of the molecule is CCOCC(C)NS(=O)(=O)c1cc(Br)c(C)cc1Br. The normalized spacial score (nSPS) is 13.5. The molecule has 7 heteroatoms. The van der Waals surface area contributed by atoms with E-state index in [1.165, 1.54) is 0 Å². The fourth-order valence-electron chi connectivity index (χ4n) is 1.49. The van der Waals surface area contributed by atoms with Crippen LogP contribution in [0.5, 0.6) is 0 Å². The summed E-state index contributed by atoms with van der Waals surface area (Å²) >= 11 is 6.63. The van der Waals surface area contributed by atoms with Crippen LogP contribution in [0.1, 0.15) is 19.4 Å². The number of rotatable bonds is 6. The van der Waals surface area contributed by atoms with Gasteiger partial charge in [-0.05, 0) is 54.4 Å². The van der Waals surface area contributed by atoms with Crippen molar-refractivity contribution in [1.29, 1.82) is 0 Å². The molecule has 1 N–H and O–H groups in total. The van der Waals surface area contributed by atoms with Crippen molar-refractivity contribution in [3.63, 3.8) is 0 Å². The van der Waals surface area contributed by atoms with Crippen LogP contribution in [-0.2, 0) is 14.8 Å². The fraction of sp³-hybridized carbons (Fsp3) is 0.500. The highest BCUT2D eigenvalue weighted by atomic mass is 79.9. The first-order valence-corrected chi connectivity index (χ1v) is 8.90. The second kappa shape index (κ2) is 7.17. The molecular weight excluding hydrogens is 398 g/mol. The van der Waals surface area contributed by atoms with E-state index in [4.69, 9.17) is 4.74 Å². The van der Waals surface area contributed by atoms with Gasteiger partial charge in [0.25, 0.3) is 0 Å². The molecule has 1 aromatic carbocycles. The molecule has 1 atom stereocenters. The van der Waals surface area contributed by atoms with Crippen LogP contribution < -0.4 is 4.72 Å². The van der Waals surface area contributed by atoms with E-state index in [1.807, 2.05) is 13.8 Å². The highest BCUT2D eigenvalue weighted by Gasteiger charge is 2.21. The Kier molecular flexibility index (Phi) is 6.46. The minimum atomic E-state index is -3.57. The maximum absolute atomic E-state index is 12.3. The number of ether oxygens (including phenoxy) is 1. The topological polar surface area (TPSA) is 55.4 Å². The molecule has 108 valence electrons. The van der Waals surface area contributed by atoms with Crippen LogP contribution >= 0.6 is 31.9 Å². The van der Waals surface area contributed by atoms with Gasteiger partial charge in [-0.15, -0.1) is 0 Å². The van der Waals surface area contributed by atoms with Gasteiger partial charge in [-0.1, -0.05) is 15.9 Å². The zero-order chi connectivity index (χ0) is 14.6. The maximum atomic E-state index is 12.3. The van der Waals surface area contributed by atoms with Crippen molar-refractivity contribution in [3.8, 4) is 0 Å². The van der Waals surface area contributed by atoms with Crippen LogP contribution in [0.3, 0.4) is 0 Å². The van der Waals surface area contributed by atoms with Gasteiger partial charge in [-0.25, -0.2) is 13.1 Å². The second-order valence-electron chi connectivity index (χ2n) is 4.21. The highest BCUT2D eigenvalue weighted by molar-refractivity contribution is 9.11. The van der Waals surface area contributed by atoms with Gasteiger partial charge in [0, 0.05) is 21.6 Å². The van der Waals surface area contributed by atoms with Crippen molar-refractivity contribution in [1.82, 2.24) is 4.72 Å². The van der Waals surface area contributed by atoms with Crippen LogP contribution in [0, 0.1) is 6.92 Å². The Morgan fingerprint density at radius 2 is 1.95 bits per heavy atom. The van der Waals surface area contributed by atoms with E-state index in [-0.39, 0.29) is 10.9 Å². The van der Waals surface area contributed by atoms with E-state index in [1.54, 1.807) is 19.1 Å². The summed E-state index contributed by atoms with van der Waals surface area (Å²) in [5.74, 6) is 0. The Hall–Kier alpha value is 0.0500. The van der Waals surface area contributed by atoms with E-state index in [0.29, 0.717) is 17.7 Å². The zero-order valence-corrected chi connectivity index (χ0v) is 15.0. The molecule has 0 radical (unpaired) electrons. The Morgan fingerprint density at radius 3 is 2.53 bits per heavy atom. The molecule has 0 aromatic heterocycles. The van der Waals surface area contributed by atoms with Gasteiger partial charge in [-0.2, -0.15) is 0 Å². The molecule has 4 nitrogen and oxygen atoms in total. The minimum absolute atomic E-state index is 0.216. The third-order valence-corrected chi connectivity index (χ3v) is 5.83. The fourth-order valence-corrected chi connectivity index (χ4v) is 4.40. The first-order valence-electron chi connectivity index (χ1n) is 5.83. The maximum Gasteiger partial charge on any atom is 0.242 e. The Labute approximate surface area is 131 Å². The highest BCUT2D eigenvalue weighted by Crippen LogP contribution is 2.28. The average molecular weight is 415 g/mol. The Bertz CT molecular complexity index is 546. The zero-order valence-electron chi connectivity index (χ0n) is 11.0. The van der Waals surface area contributed by atoms with Crippen molar-refractivity contribution in [3.05, 3.63) is 26.6 Å². The van der Waals surface area contributed by atoms with E-state index < -0.39 is 10.0 Å². The van der Waals surface area contributed by atoms with Gasteiger partial charge in [0.15, 0.2) is 0 Å². The number of sulfonamides is 1. The number of hydrogen-bond donors (Lipinski definition) is 1. The Morgan fingerprint density at radius 1 is 1.32 bits per heavy atom. The lowest BCUT2D eigenvalue weighted by molar-refractivity contribution is 0.133. The predicted octanol–water partition coefficient (Wildman–Crippen LogP) is 3.22. The van der Waals surface area contributed by atoms with Gasteiger partial charge in [0.1, 0.15) is 0 Å². The molecule has 19 heavy (non-hydrogen) atoms. The number of hydrogen-bond acceptors (Lipinski definition) is 3. The van der Waals surface area contributed by atoms with Gasteiger partial charge in [0.05, 0.1) is 11.5 Å². The van der Waals surface area contributed by atoms with Gasteiger partial charge in [-0.3, -0.25) is 0 Å². The molecule has 1 unspecified atom stereocenters. The molecule has 0 heterocycles. The van der Waals surface area contributed by atoms with Crippen LogP contribution in [-0.4, -0.2) is 27.7 Å². The summed E-state index contributed by atoms with van der Waals surface area (Å²) in [6.07, 6.45) is 0. The summed E-state index contributed by atoms with van der Waals surface area (Å²) < 4.78 is 33.6. The van der Waals surface area contributed by atoms with Crippen molar-refractivity contribution < 1.29 is 13.2 Å². The van der Waals surface area contributed by atoms with Crippen LogP contribution in [0.15, 0.2) is 26.0 Å². The summed E-state index contributed by atoms with van der Waals surface area (Å²) in [4.78, 5) is 0.216. The number of benzene rings is 1. The lowest BCUT2D eigenvalue weighted by atomic mass is 10.2. The molecule has 1 aromatic rings. The van der Waals surface area contributed by atoms with Gasteiger partial charge >= 0.3 is 0 Å². The first-order chi connectivity index (χ1) is 8.77. The van der Waals surface area contributed by atoms with Crippen molar-refractivity contribution >= 4 is 41.9 Å². The summed E-state index contributed by atoms with van der Waals surface area (Å²) in [6, 6.07) is 3.08. The monoisotopic (exact) mass is 413 g/mol. The van der Waals surface area contributed by atoms with Crippen LogP contribution in [0.25, 0.3) is 0 Å². The quantitative estimate of drug-likeness (QED) is 0.777. The number of nitrogens with one attached hydrogen (secondary N) is 1. The lowest BCUT2D eigenvalue weighted by Crippen LogP contribution is -2.36.